The Bertz CT molecular complexity index is 587. The number of benzene rings is 1. The van der Waals surface area contributed by atoms with Crippen molar-refractivity contribution in [1.29, 1.82) is 0 Å². The molecule has 1 fully saturated rings. The molecule has 5 nitrogen and oxygen atoms in total. The maximum Gasteiger partial charge on any atom is 0.225 e. The number of hydrogen-bond acceptors (Lipinski definition) is 4. The van der Waals surface area contributed by atoms with Crippen LogP contribution < -0.4 is 10.6 Å². The second kappa shape index (κ2) is 4.42. The van der Waals surface area contributed by atoms with E-state index in [9.17, 15) is 4.79 Å². The fourth-order valence-electron chi connectivity index (χ4n) is 2.01. The van der Waals surface area contributed by atoms with Gasteiger partial charge in [-0.2, -0.15) is 0 Å². The molecule has 0 radical (unpaired) electrons. The number of nitrogens with one attached hydrogen (secondary N) is 2. The molecule has 1 aromatic heterocycles. The molecule has 94 valence electrons. The zero-order chi connectivity index (χ0) is 12.5. The average Bonchev–Trinajstić information content (AvgIpc) is 2.63. The van der Waals surface area contributed by atoms with Gasteiger partial charge in [0.05, 0.1) is 5.92 Å². The standard InChI is InChI=1S/C13H15N3O2/c1-8-16-11-4-9(2-3-12(11)18-8)5-15-13(17)10-6-14-7-10/h2-4,10,14H,5-7H2,1H3,(H,15,17). The van der Waals surface area contributed by atoms with Crippen molar-refractivity contribution in [2.75, 3.05) is 13.1 Å². The van der Waals surface area contributed by atoms with E-state index in [0.29, 0.717) is 12.4 Å². The fraction of sp³-hybridized carbons (Fsp3) is 0.385. The Morgan fingerprint density at radius 3 is 3.11 bits per heavy atom. The first-order chi connectivity index (χ1) is 8.72. The maximum absolute atomic E-state index is 11.7. The Balaban J connectivity index is 1.68. The van der Waals surface area contributed by atoms with Gasteiger partial charge in [-0.3, -0.25) is 4.79 Å². The molecule has 1 aromatic carbocycles. The van der Waals surface area contributed by atoms with E-state index < -0.39 is 0 Å². The average molecular weight is 245 g/mol. The number of hydrogen-bond donors (Lipinski definition) is 2. The highest BCUT2D eigenvalue weighted by Gasteiger charge is 2.24. The van der Waals surface area contributed by atoms with Gasteiger partial charge in [-0.25, -0.2) is 4.98 Å². The predicted octanol–water partition coefficient (Wildman–Crippen LogP) is 0.972. The van der Waals surface area contributed by atoms with Crippen molar-refractivity contribution in [1.82, 2.24) is 15.6 Å². The number of aryl methyl sites for hydroxylation is 1. The minimum Gasteiger partial charge on any atom is -0.441 e. The van der Waals surface area contributed by atoms with E-state index in [1.165, 1.54) is 0 Å². The van der Waals surface area contributed by atoms with E-state index in [1.54, 1.807) is 0 Å². The van der Waals surface area contributed by atoms with Gasteiger partial charge in [0.25, 0.3) is 0 Å². The highest BCUT2D eigenvalue weighted by Crippen LogP contribution is 2.16. The molecule has 0 spiro atoms. The van der Waals surface area contributed by atoms with Gasteiger partial charge in [0, 0.05) is 26.6 Å². The molecule has 1 saturated heterocycles. The van der Waals surface area contributed by atoms with E-state index in [0.717, 1.165) is 29.8 Å². The number of carbonyl (C=O) groups is 1. The summed E-state index contributed by atoms with van der Waals surface area (Å²) in [4.78, 5) is 16.0. The summed E-state index contributed by atoms with van der Waals surface area (Å²) < 4.78 is 5.41. The Morgan fingerprint density at radius 2 is 2.39 bits per heavy atom. The van der Waals surface area contributed by atoms with Crippen LogP contribution in [0.4, 0.5) is 0 Å². The minimum atomic E-state index is 0.116. The Kier molecular flexibility index (Phi) is 2.76. The first kappa shape index (κ1) is 11.2. The topological polar surface area (TPSA) is 67.2 Å². The second-order valence-corrected chi connectivity index (χ2v) is 4.61. The zero-order valence-electron chi connectivity index (χ0n) is 10.2. The van der Waals surface area contributed by atoms with Crippen molar-refractivity contribution in [3.8, 4) is 0 Å². The predicted molar refractivity (Wildman–Crippen MR) is 67.0 cm³/mol. The summed E-state index contributed by atoms with van der Waals surface area (Å²) in [5.74, 6) is 0.903. The molecule has 0 unspecified atom stereocenters. The smallest absolute Gasteiger partial charge is 0.225 e. The number of amides is 1. The summed E-state index contributed by atoms with van der Waals surface area (Å²) in [5.41, 5.74) is 2.66. The van der Waals surface area contributed by atoms with Crippen LogP contribution in [0.3, 0.4) is 0 Å². The van der Waals surface area contributed by atoms with Crippen LogP contribution in [0.25, 0.3) is 11.1 Å². The third-order valence-corrected chi connectivity index (χ3v) is 3.18. The van der Waals surface area contributed by atoms with Crippen LogP contribution in [-0.4, -0.2) is 24.0 Å². The molecule has 0 saturated carbocycles. The fourth-order valence-corrected chi connectivity index (χ4v) is 2.01. The van der Waals surface area contributed by atoms with Crippen LogP contribution in [0.15, 0.2) is 22.6 Å². The van der Waals surface area contributed by atoms with E-state index >= 15 is 0 Å². The lowest BCUT2D eigenvalue weighted by molar-refractivity contribution is -0.126. The highest BCUT2D eigenvalue weighted by atomic mass is 16.3. The van der Waals surface area contributed by atoms with Crippen LogP contribution in [0.5, 0.6) is 0 Å². The number of nitrogens with zero attached hydrogens (tertiary/aromatic N) is 1. The van der Waals surface area contributed by atoms with E-state index in [1.807, 2.05) is 25.1 Å². The van der Waals surface area contributed by atoms with Gasteiger partial charge in [0.15, 0.2) is 11.5 Å². The monoisotopic (exact) mass is 245 g/mol. The van der Waals surface area contributed by atoms with Gasteiger partial charge < -0.3 is 15.1 Å². The van der Waals surface area contributed by atoms with Gasteiger partial charge in [-0.05, 0) is 17.7 Å². The summed E-state index contributed by atoms with van der Waals surface area (Å²) >= 11 is 0. The zero-order valence-corrected chi connectivity index (χ0v) is 10.2. The maximum atomic E-state index is 11.7. The van der Waals surface area contributed by atoms with E-state index in [4.69, 9.17) is 4.42 Å². The van der Waals surface area contributed by atoms with Crippen molar-refractivity contribution in [3.63, 3.8) is 0 Å². The first-order valence-corrected chi connectivity index (χ1v) is 6.07. The number of fused-ring (bicyclic) bond motifs is 1. The molecule has 0 aliphatic carbocycles. The number of oxazole rings is 1. The normalized spacial score (nSPS) is 15.6. The van der Waals surface area contributed by atoms with Gasteiger partial charge in [-0.1, -0.05) is 6.07 Å². The summed E-state index contributed by atoms with van der Waals surface area (Å²) in [6, 6.07) is 5.79. The number of rotatable bonds is 3. The van der Waals surface area contributed by atoms with Crippen molar-refractivity contribution < 1.29 is 9.21 Å². The lowest BCUT2D eigenvalue weighted by Crippen LogP contribution is -2.50. The van der Waals surface area contributed by atoms with Crippen molar-refractivity contribution in [2.24, 2.45) is 5.92 Å². The van der Waals surface area contributed by atoms with E-state index in [2.05, 4.69) is 15.6 Å². The SMILES string of the molecule is Cc1nc2cc(CNC(=O)C3CNC3)ccc2o1. The summed E-state index contributed by atoms with van der Waals surface area (Å²) in [6.45, 7) is 3.93. The van der Waals surface area contributed by atoms with Crippen LogP contribution >= 0.6 is 0 Å². The van der Waals surface area contributed by atoms with Crippen LogP contribution in [0.1, 0.15) is 11.5 Å². The first-order valence-electron chi connectivity index (χ1n) is 6.07. The molecule has 5 heteroatoms. The lowest BCUT2D eigenvalue weighted by Gasteiger charge is -2.25. The number of carbonyl (C=O) groups excluding carboxylic acids is 1. The molecule has 3 rings (SSSR count). The van der Waals surface area contributed by atoms with Crippen LogP contribution in [0.2, 0.25) is 0 Å². The molecule has 0 atom stereocenters. The van der Waals surface area contributed by atoms with Crippen molar-refractivity contribution >= 4 is 17.0 Å². The summed E-state index contributed by atoms with van der Waals surface area (Å²) in [5, 5.41) is 6.02. The van der Waals surface area contributed by atoms with Crippen molar-refractivity contribution in [3.05, 3.63) is 29.7 Å². The Hall–Kier alpha value is -1.88. The van der Waals surface area contributed by atoms with Gasteiger partial charge in [-0.15, -0.1) is 0 Å². The molecule has 1 amide bonds. The molecule has 2 heterocycles. The lowest BCUT2D eigenvalue weighted by atomic mass is 10.0. The number of aromatic nitrogens is 1. The Labute approximate surface area is 105 Å². The van der Waals surface area contributed by atoms with E-state index in [-0.39, 0.29) is 11.8 Å². The van der Waals surface area contributed by atoms with Crippen molar-refractivity contribution in [2.45, 2.75) is 13.5 Å². The largest absolute Gasteiger partial charge is 0.441 e. The highest BCUT2D eigenvalue weighted by molar-refractivity contribution is 5.80. The molecular formula is C13H15N3O2. The third kappa shape index (κ3) is 2.09. The van der Waals surface area contributed by atoms with Crippen LogP contribution in [-0.2, 0) is 11.3 Å². The summed E-state index contributed by atoms with van der Waals surface area (Å²) in [6.07, 6.45) is 0. The molecule has 2 N–H and O–H groups in total. The molecule has 1 aliphatic rings. The van der Waals surface area contributed by atoms with Crippen LogP contribution in [0, 0.1) is 12.8 Å². The summed E-state index contributed by atoms with van der Waals surface area (Å²) in [7, 11) is 0. The second-order valence-electron chi connectivity index (χ2n) is 4.61. The molecule has 1 aliphatic heterocycles. The molecular weight excluding hydrogens is 230 g/mol. The van der Waals surface area contributed by atoms with Gasteiger partial charge >= 0.3 is 0 Å². The molecule has 18 heavy (non-hydrogen) atoms. The molecule has 0 bridgehead atoms. The van der Waals surface area contributed by atoms with Gasteiger partial charge in [0.1, 0.15) is 5.52 Å². The van der Waals surface area contributed by atoms with Gasteiger partial charge in [0.2, 0.25) is 5.91 Å². The molecule has 2 aromatic rings. The Morgan fingerprint density at radius 1 is 1.56 bits per heavy atom. The third-order valence-electron chi connectivity index (χ3n) is 3.18. The minimum absolute atomic E-state index is 0.116. The quantitative estimate of drug-likeness (QED) is 0.845.